The van der Waals surface area contributed by atoms with Crippen molar-refractivity contribution in [3.63, 3.8) is 0 Å². The second-order valence-electron chi connectivity index (χ2n) is 2.13. The highest BCUT2D eigenvalue weighted by Gasteiger charge is 2.11. The van der Waals surface area contributed by atoms with Gasteiger partial charge >= 0.3 is 0 Å². The van der Waals surface area contributed by atoms with E-state index in [1.165, 1.54) is 0 Å². The van der Waals surface area contributed by atoms with Crippen molar-refractivity contribution in [1.82, 2.24) is 0 Å². The number of alkyl halides is 1. The highest BCUT2D eigenvalue weighted by Crippen LogP contribution is 2.21. The van der Waals surface area contributed by atoms with Crippen LogP contribution in [0, 0.1) is 0 Å². The summed E-state index contributed by atoms with van der Waals surface area (Å²) < 4.78 is 4.93. The fourth-order valence-corrected chi connectivity index (χ4v) is 1.43. The zero-order chi connectivity index (χ0) is 7.56. The average molecular weight is 205 g/mol. The molecule has 10 heavy (non-hydrogen) atoms. The third-order valence-corrected chi connectivity index (χ3v) is 1.88. The van der Waals surface area contributed by atoms with Gasteiger partial charge in [-0.25, -0.2) is 0 Å². The van der Waals surface area contributed by atoms with Gasteiger partial charge in [-0.2, -0.15) is 0 Å². The Morgan fingerprint density at radius 2 is 2.50 bits per heavy atom. The Labute approximate surface area is 68.3 Å². The molecule has 0 aromatic carbocycles. The van der Waals surface area contributed by atoms with Crippen molar-refractivity contribution < 1.29 is 9.84 Å². The van der Waals surface area contributed by atoms with Crippen molar-refractivity contribution in [2.24, 2.45) is 0 Å². The molecule has 0 bridgehead atoms. The van der Waals surface area contributed by atoms with E-state index in [1.54, 1.807) is 13.2 Å². The second kappa shape index (κ2) is 3.10. The monoisotopic (exact) mass is 204 g/mol. The molecule has 1 N–H and O–H groups in total. The molecule has 1 aliphatic rings. The summed E-state index contributed by atoms with van der Waals surface area (Å²) in [6, 6.07) is 0. The number of allylic oxidation sites excluding steroid dienone is 3. The number of hydrogen-bond acceptors (Lipinski definition) is 2. The fraction of sp³-hybridized carbons (Fsp3) is 0.429. The van der Waals surface area contributed by atoms with Gasteiger partial charge in [0, 0.05) is 17.3 Å². The lowest BCUT2D eigenvalue weighted by atomic mass is 10.1. The lowest BCUT2D eigenvalue weighted by Gasteiger charge is -2.12. The quantitative estimate of drug-likeness (QED) is 0.664. The summed E-state index contributed by atoms with van der Waals surface area (Å²) in [7, 11) is 1.58. The smallest absolute Gasteiger partial charge is 0.119 e. The molecule has 56 valence electrons. The zero-order valence-corrected chi connectivity index (χ0v) is 7.26. The maximum absolute atomic E-state index is 9.09. The van der Waals surface area contributed by atoms with E-state index >= 15 is 0 Å². The molecule has 0 radical (unpaired) electrons. The van der Waals surface area contributed by atoms with Gasteiger partial charge < -0.3 is 9.84 Å². The molecule has 0 aromatic rings. The Hall–Kier alpha value is -0.440. The number of hydrogen-bond donors (Lipinski definition) is 1. The van der Waals surface area contributed by atoms with Crippen LogP contribution in [-0.4, -0.2) is 17.0 Å². The first-order valence-electron chi connectivity index (χ1n) is 3.02. The number of aliphatic hydroxyl groups excluding tert-OH is 1. The van der Waals surface area contributed by atoms with Crippen LogP contribution in [0.25, 0.3) is 0 Å². The SMILES string of the molecule is COC1=CC(Br)CC(O)=C1. The molecule has 1 rings (SSSR count). The number of methoxy groups -OCH3 is 1. The summed E-state index contributed by atoms with van der Waals surface area (Å²) in [5, 5.41) is 9.09. The first kappa shape index (κ1) is 7.66. The van der Waals surface area contributed by atoms with Gasteiger partial charge in [-0.05, 0) is 6.08 Å². The van der Waals surface area contributed by atoms with Crippen LogP contribution in [0.4, 0.5) is 0 Å². The van der Waals surface area contributed by atoms with Crippen molar-refractivity contribution in [3.05, 3.63) is 23.7 Å². The fourth-order valence-electron chi connectivity index (χ4n) is 0.835. The van der Waals surface area contributed by atoms with E-state index < -0.39 is 0 Å². The summed E-state index contributed by atoms with van der Waals surface area (Å²) in [4.78, 5) is 0.201. The highest BCUT2D eigenvalue weighted by atomic mass is 79.9. The minimum atomic E-state index is 0.201. The van der Waals surface area contributed by atoms with Crippen LogP contribution in [0.1, 0.15) is 6.42 Å². The van der Waals surface area contributed by atoms with Gasteiger partial charge in [0.05, 0.1) is 12.9 Å². The van der Waals surface area contributed by atoms with E-state index in [2.05, 4.69) is 15.9 Å². The van der Waals surface area contributed by atoms with Gasteiger partial charge in [0.15, 0.2) is 0 Å². The summed E-state index contributed by atoms with van der Waals surface area (Å²) in [5.74, 6) is 1.08. The van der Waals surface area contributed by atoms with E-state index in [1.807, 2.05) is 6.08 Å². The normalized spacial score (nSPS) is 25.2. The molecule has 0 fully saturated rings. The number of ether oxygens (including phenoxy) is 1. The van der Waals surface area contributed by atoms with Gasteiger partial charge in [-0.1, -0.05) is 15.9 Å². The molecule has 2 nitrogen and oxygen atoms in total. The maximum atomic E-state index is 9.09. The highest BCUT2D eigenvalue weighted by molar-refractivity contribution is 9.09. The third kappa shape index (κ3) is 1.77. The average Bonchev–Trinajstić information content (AvgIpc) is 1.85. The largest absolute Gasteiger partial charge is 0.512 e. The molecule has 1 aliphatic carbocycles. The Morgan fingerprint density at radius 3 is 3.00 bits per heavy atom. The Balaban J connectivity index is 2.72. The number of halogens is 1. The van der Waals surface area contributed by atoms with Crippen molar-refractivity contribution in [3.8, 4) is 0 Å². The first-order valence-corrected chi connectivity index (χ1v) is 3.93. The molecule has 0 heterocycles. The van der Waals surface area contributed by atoms with E-state index in [0.29, 0.717) is 17.9 Å². The Kier molecular flexibility index (Phi) is 2.38. The summed E-state index contributed by atoms with van der Waals surface area (Å²) in [6.45, 7) is 0. The molecule has 3 heteroatoms. The predicted molar refractivity (Wildman–Crippen MR) is 43.1 cm³/mol. The second-order valence-corrected chi connectivity index (χ2v) is 3.31. The van der Waals surface area contributed by atoms with Crippen LogP contribution >= 0.6 is 15.9 Å². The molecule has 0 spiro atoms. The topological polar surface area (TPSA) is 29.5 Å². The van der Waals surface area contributed by atoms with E-state index in [-0.39, 0.29) is 4.83 Å². The molecule has 0 saturated carbocycles. The first-order chi connectivity index (χ1) is 4.72. The lowest BCUT2D eigenvalue weighted by molar-refractivity contribution is 0.293. The Bertz CT molecular complexity index is 184. The number of rotatable bonds is 1. The van der Waals surface area contributed by atoms with E-state index in [4.69, 9.17) is 9.84 Å². The number of aliphatic hydroxyl groups is 1. The maximum Gasteiger partial charge on any atom is 0.119 e. The van der Waals surface area contributed by atoms with Crippen LogP contribution in [0.2, 0.25) is 0 Å². The van der Waals surface area contributed by atoms with Crippen molar-refractivity contribution >= 4 is 15.9 Å². The van der Waals surface area contributed by atoms with E-state index in [9.17, 15) is 0 Å². The van der Waals surface area contributed by atoms with Gasteiger partial charge in [-0.15, -0.1) is 0 Å². The molecular formula is C7H9BrO2. The van der Waals surface area contributed by atoms with Gasteiger partial charge in [0.1, 0.15) is 5.76 Å². The van der Waals surface area contributed by atoms with Crippen LogP contribution in [-0.2, 0) is 4.74 Å². The van der Waals surface area contributed by atoms with Gasteiger partial charge in [0.25, 0.3) is 0 Å². The molecule has 1 unspecified atom stereocenters. The zero-order valence-electron chi connectivity index (χ0n) is 5.67. The van der Waals surface area contributed by atoms with Crippen LogP contribution in [0.3, 0.4) is 0 Å². The summed E-state index contributed by atoms with van der Waals surface area (Å²) in [6.07, 6.45) is 4.18. The van der Waals surface area contributed by atoms with Crippen LogP contribution in [0.15, 0.2) is 23.7 Å². The Morgan fingerprint density at radius 1 is 1.80 bits per heavy atom. The molecule has 0 saturated heterocycles. The third-order valence-electron chi connectivity index (χ3n) is 1.29. The van der Waals surface area contributed by atoms with Crippen LogP contribution in [0.5, 0.6) is 0 Å². The molecule has 1 atom stereocenters. The summed E-state index contributed by atoms with van der Waals surface area (Å²) in [5.41, 5.74) is 0. The van der Waals surface area contributed by atoms with E-state index in [0.717, 1.165) is 0 Å². The molecule has 0 aromatic heterocycles. The minimum Gasteiger partial charge on any atom is -0.512 e. The predicted octanol–water partition coefficient (Wildman–Crippen LogP) is 2.13. The molecular weight excluding hydrogens is 196 g/mol. The lowest BCUT2D eigenvalue weighted by Crippen LogP contribution is -2.03. The summed E-state index contributed by atoms with van der Waals surface area (Å²) >= 11 is 3.35. The minimum absolute atomic E-state index is 0.201. The molecule has 0 aliphatic heterocycles. The van der Waals surface area contributed by atoms with Crippen LogP contribution < -0.4 is 0 Å². The van der Waals surface area contributed by atoms with Gasteiger partial charge in [-0.3, -0.25) is 0 Å². The molecule has 0 amide bonds. The van der Waals surface area contributed by atoms with Crippen molar-refractivity contribution in [2.75, 3.05) is 7.11 Å². The van der Waals surface area contributed by atoms with Crippen molar-refractivity contribution in [1.29, 1.82) is 0 Å². The van der Waals surface area contributed by atoms with Crippen molar-refractivity contribution in [2.45, 2.75) is 11.2 Å². The van der Waals surface area contributed by atoms with Gasteiger partial charge in [0.2, 0.25) is 0 Å². The standard InChI is InChI=1S/C7H9BrO2/c1-10-7-3-5(8)2-6(9)4-7/h3-5,9H,2H2,1H3.